The molecular weight excluding hydrogens is 262 g/mol. The molecule has 104 valence electrons. The molecule has 1 saturated carbocycles. The lowest BCUT2D eigenvalue weighted by atomic mass is 10.2. The number of amides is 2. The van der Waals surface area contributed by atoms with E-state index in [0.717, 1.165) is 12.8 Å². The van der Waals surface area contributed by atoms with Crippen molar-refractivity contribution in [1.82, 2.24) is 4.90 Å². The van der Waals surface area contributed by atoms with Crippen LogP contribution in [0.2, 0.25) is 0 Å². The molecule has 0 bridgehead atoms. The predicted octanol–water partition coefficient (Wildman–Crippen LogP) is 1.30. The summed E-state index contributed by atoms with van der Waals surface area (Å²) in [6.07, 6.45) is 1.93. The Bertz CT molecular complexity index is 580. The minimum atomic E-state index is -0.565. The van der Waals surface area contributed by atoms with Crippen LogP contribution in [0.3, 0.4) is 0 Å². The number of rotatable bonds is 4. The van der Waals surface area contributed by atoms with Crippen LogP contribution in [0.5, 0.6) is 0 Å². The number of nitrogens with zero attached hydrogens (tertiary/aromatic N) is 2. The third-order valence-corrected chi connectivity index (χ3v) is 3.51. The third-order valence-electron chi connectivity index (χ3n) is 3.51. The highest BCUT2D eigenvalue weighted by atomic mass is 16.6. The first-order valence-electron chi connectivity index (χ1n) is 6.43. The molecule has 2 aliphatic rings. The van der Waals surface area contributed by atoms with E-state index in [1.165, 1.54) is 29.2 Å². The van der Waals surface area contributed by atoms with Gasteiger partial charge < -0.3 is 5.32 Å². The summed E-state index contributed by atoms with van der Waals surface area (Å²) in [5, 5.41) is 13.5. The fourth-order valence-corrected chi connectivity index (χ4v) is 2.36. The van der Waals surface area contributed by atoms with Crippen molar-refractivity contribution in [3.63, 3.8) is 0 Å². The fourth-order valence-electron chi connectivity index (χ4n) is 2.36. The maximum atomic E-state index is 12.1. The Balaban J connectivity index is 1.70. The van der Waals surface area contributed by atoms with Crippen LogP contribution >= 0.6 is 0 Å². The first kappa shape index (κ1) is 12.6. The van der Waals surface area contributed by atoms with Crippen molar-refractivity contribution in [2.24, 2.45) is 0 Å². The summed E-state index contributed by atoms with van der Waals surface area (Å²) in [5.41, 5.74) is 0.586. The second-order valence-electron chi connectivity index (χ2n) is 5.04. The lowest BCUT2D eigenvalue weighted by molar-refractivity contribution is -0.384. The predicted molar refractivity (Wildman–Crippen MR) is 70.0 cm³/mol. The van der Waals surface area contributed by atoms with E-state index in [2.05, 4.69) is 5.32 Å². The van der Waals surface area contributed by atoms with Crippen LogP contribution < -0.4 is 5.32 Å². The third kappa shape index (κ3) is 2.22. The number of carbonyl (C=O) groups is 2. The number of non-ortho nitro benzene ring substituents is 1. The maximum absolute atomic E-state index is 12.1. The Morgan fingerprint density at radius 3 is 2.40 bits per heavy atom. The van der Waals surface area contributed by atoms with Crippen LogP contribution in [-0.2, 0) is 9.59 Å². The Hall–Kier alpha value is -2.44. The smallest absolute Gasteiger partial charge is 0.269 e. The van der Waals surface area contributed by atoms with E-state index in [1.807, 2.05) is 0 Å². The van der Waals surface area contributed by atoms with Crippen molar-refractivity contribution in [2.45, 2.75) is 31.3 Å². The molecule has 1 heterocycles. The van der Waals surface area contributed by atoms with Crippen LogP contribution in [0, 0.1) is 10.1 Å². The summed E-state index contributed by atoms with van der Waals surface area (Å²) in [7, 11) is 0. The average Bonchev–Trinajstić information content (AvgIpc) is 3.19. The molecule has 0 radical (unpaired) electrons. The van der Waals surface area contributed by atoms with Gasteiger partial charge in [0.15, 0.2) is 0 Å². The van der Waals surface area contributed by atoms with Crippen LogP contribution in [0.4, 0.5) is 11.4 Å². The second kappa shape index (κ2) is 4.59. The molecule has 7 nitrogen and oxygen atoms in total. The van der Waals surface area contributed by atoms with Crippen molar-refractivity contribution in [3.05, 3.63) is 34.4 Å². The van der Waals surface area contributed by atoms with E-state index >= 15 is 0 Å². The number of likely N-dealkylation sites (tertiary alicyclic amines) is 1. The summed E-state index contributed by atoms with van der Waals surface area (Å²) in [5.74, 6) is -0.340. The van der Waals surface area contributed by atoms with Gasteiger partial charge in [-0.3, -0.25) is 24.6 Å². The Kier molecular flexibility index (Phi) is 2.89. The van der Waals surface area contributed by atoms with Crippen molar-refractivity contribution >= 4 is 23.2 Å². The second-order valence-corrected chi connectivity index (χ2v) is 5.04. The first-order valence-corrected chi connectivity index (χ1v) is 6.43. The van der Waals surface area contributed by atoms with Gasteiger partial charge in [0.05, 0.1) is 11.3 Å². The molecule has 1 aromatic rings. The van der Waals surface area contributed by atoms with Gasteiger partial charge in [0.25, 0.3) is 11.6 Å². The molecule has 7 heteroatoms. The van der Waals surface area contributed by atoms with Gasteiger partial charge in [-0.2, -0.15) is 0 Å². The van der Waals surface area contributed by atoms with Crippen LogP contribution in [0.1, 0.15) is 19.3 Å². The molecule has 2 fully saturated rings. The molecule has 1 N–H and O–H groups in total. The molecule has 2 amide bonds. The average molecular weight is 275 g/mol. The van der Waals surface area contributed by atoms with Gasteiger partial charge >= 0.3 is 0 Å². The highest BCUT2D eigenvalue weighted by molar-refractivity contribution is 6.07. The van der Waals surface area contributed by atoms with Crippen LogP contribution in [-0.4, -0.2) is 33.7 Å². The Labute approximate surface area is 114 Å². The number of hydrogen-bond acceptors (Lipinski definition) is 5. The highest BCUT2D eigenvalue weighted by Gasteiger charge is 2.46. The van der Waals surface area contributed by atoms with Crippen molar-refractivity contribution in [3.8, 4) is 0 Å². The number of anilines is 1. The summed E-state index contributed by atoms with van der Waals surface area (Å²) < 4.78 is 0. The van der Waals surface area contributed by atoms with E-state index < -0.39 is 11.0 Å². The number of nitro benzene ring substituents is 1. The minimum absolute atomic E-state index is 0.0102. The van der Waals surface area contributed by atoms with Gasteiger partial charge in [0, 0.05) is 23.9 Å². The highest BCUT2D eigenvalue weighted by Crippen LogP contribution is 2.32. The van der Waals surface area contributed by atoms with Gasteiger partial charge in [0.2, 0.25) is 5.91 Å². The molecule has 1 saturated heterocycles. The Morgan fingerprint density at radius 1 is 1.20 bits per heavy atom. The fraction of sp³-hybridized carbons (Fsp3) is 0.385. The zero-order valence-corrected chi connectivity index (χ0v) is 10.6. The van der Waals surface area contributed by atoms with E-state index in [9.17, 15) is 19.7 Å². The summed E-state index contributed by atoms with van der Waals surface area (Å²) in [4.78, 5) is 35.3. The lowest BCUT2D eigenvalue weighted by Gasteiger charge is -2.15. The van der Waals surface area contributed by atoms with E-state index in [0.29, 0.717) is 5.69 Å². The van der Waals surface area contributed by atoms with E-state index in [4.69, 9.17) is 0 Å². The zero-order valence-electron chi connectivity index (χ0n) is 10.6. The van der Waals surface area contributed by atoms with Crippen molar-refractivity contribution in [1.29, 1.82) is 0 Å². The number of nitrogens with one attached hydrogen (secondary N) is 1. The molecule has 1 aliphatic heterocycles. The largest absolute Gasteiger partial charge is 0.373 e. The van der Waals surface area contributed by atoms with Crippen molar-refractivity contribution < 1.29 is 14.5 Å². The number of imide groups is 1. The van der Waals surface area contributed by atoms with Gasteiger partial charge in [-0.05, 0) is 25.0 Å². The molecule has 1 unspecified atom stereocenters. The van der Waals surface area contributed by atoms with E-state index in [1.54, 1.807) is 0 Å². The SMILES string of the molecule is O=C1CC(Nc2ccc([N+](=O)[O-])cc2)C(=O)N1C1CC1. The first-order chi connectivity index (χ1) is 9.56. The normalized spacial score (nSPS) is 22.2. The standard InChI is InChI=1S/C13H13N3O4/c17-12-7-11(13(18)15(12)9-5-6-9)14-8-1-3-10(4-2-8)16(19)20/h1-4,9,11,14H,5-7H2. The van der Waals surface area contributed by atoms with Crippen LogP contribution in [0.15, 0.2) is 24.3 Å². The zero-order chi connectivity index (χ0) is 14.3. The summed E-state index contributed by atoms with van der Waals surface area (Å²) >= 11 is 0. The topological polar surface area (TPSA) is 92.5 Å². The molecule has 1 aromatic carbocycles. The Morgan fingerprint density at radius 2 is 1.85 bits per heavy atom. The van der Waals surface area contributed by atoms with Gasteiger partial charge in [0.1, 0.15) is 6.04 Å². The minimum Gasteiger partial charge on any atom is -0.373 e. The quantitative estimate of drug-likeness (QED) is 0.508. The van der Waals surface area contributed by atoms with Gasteiger partial charge in [-0.1, -0.05) is 0 Å². The summed E-state index contributed by atoms with van der Waals surface area (Å²) in [6.45, 7) is 0. The molecular formula is C13H13N3O4. The molecule has 0 aromatic heterocycles. The molecule has 0 spiro atoms. The number of nitro groups is 1. The molecule has 20 heavy (non-hydrogen) atoms. The van der Waals surface area contributed by atoms with Gasteiger partial charge in [-0.15, -0.1) is 0 Å². The van der Waals surface area contributed by atoms with Crippen LogP contribution in [0.25, 0.3) is 0 Å². The molecule has 1 aliphatic carbocycles. The summed E-state index contributed by atoms with van der Waals surface area (Å²) in [6, 6.07) is 5.32. The number of benzene rings is 1. The molecule has 1 atom stereocenters. The number of carbonyl (C=O) groups excluding carboxylic acids is 2. The van der Waals surface area contributed by atoms with E-state index in [-0.39, 0.29) is 30.0 Å². The van der Waals surface area contributed by atoms with Gasteiger partial charge in [-0.25, -0.2) is 0 Å². The lowest BCUT2D eigenvalue weighted by Crippen LogP contribution is -2.36. The van der Waals surface area contributed by atoms with Crippen molar-refractivity contribution in [2.75, 3.05) is 5.32 Å². The molecule has 3 rings (SSSR count). The number of hydrogen-bond donors (Lipinski definition) is 1. The maximum Gasteiger partial charge on any atom is 0.269 e. The monoisotopic (exact) mass is 275 g/mol.